The van der Waals surface area contributed by atoms with Crippen LogP contribution in [0.25, 0.3) is 0 Å². The number of fused-ring (bicyclic) bond motifs is 1. The third kappa shape index (κ3) is 2.09. The van der Waals surface area contributed by atoms with Gasteiger partial charge in [0.2, 0.25) is 0 Å². The van der Waals surface area contributed by atoms with Gasteiger partial charge in [0, 0.05) is 25.1 Å². The van der Waals surface area contributed by atoms with Crippen molar-refractivity contribution in [3.05, 3.63) is 17.7 Å². The zero-order chi connectivity index (χ0) is 12.8. The Hall–Kier alpha value is -0.840. The molecule has 4 nitrogen and oxygen atoms in total. The molecule has 0 amide bonds. The van der Waals surface area contributed by atoms with Gasteiger partial charge in [-0.05, 0) is 25.7 Å². The van der Waals surface area contributed by atoms with Crippen molar-refractivity contribution in [2.75, 3.05) is 5.75 Å². The first-order chi connectivity index (χ1) is 8.56. The van der Waals surface area contributed by atoms with Gasteiger partial charge >= 0.3 is 0 Å². The average Bonchev–Trinajstić information content (AvgIpc) is 2.84. The van der Waals surface area contributed by atoms with Gasteiger partial charge in [-0.2, -0.15) is 0 Å². The maximum Gasteiger partial charge on any atom is 0.153 e. The predicted octanol–water partition coefficient (Wildman–Crippen LogP) is 1.90. The minimum absolute atomic E-state index is 0.190. The topological polar surface area (TPSA) is 52.0 Å². The van der Waals surface area contributed by atoms with Gasteiger partial charge in [-0.15, -0.1) is 0 Å². The highest BCUT2D eigenvalue weighted by Gasteiger charge is 2.32. The molecule has 5 heteroatoms. The number of aromatic nitrogens is 2. The fraction of sp³-hybridized carbons (Fsp3) is 0.769. The minimum atomic E-state index is -2.85. The Kier molecular flexibility index (Phi) is 2.96. The normalized spacial score (nSPS) is 30.3. The summed E-state index contributed by atoms with van der Waals surface area (Å²) < 4.78 is 25.9. The summed E-state index contributed by atoms with van der Waals surface area (Å²) in [5, 5.41) is -0.190. The standard InChI is InChI=1S/C13H20N2O2S/c1-10-4-2-6-15-9-11(14-13(10)15)8-12-5-3-7-18(12,16)17/h9-10,12H,2-8H2,1H3. The highest BCUT2D eigenvalue weighted by Crippen LogP contribution is 2.28. The molecule has 2 atom stereocenters. The number of aryl methyl sites for hydroxylation is 1. The van der Waals surface area contributed by atoms with Crippen LogP contribution in [0.5, 0.6) is 0 Å². The van der Waals surface area contributed by atoms with Crippen LogP contribution in [0, 0.1) is 0 Å². The predicted molar refractivity (Wildman–Crippen MR) is 70.4 cm³/mol. The van der Waals surface area contributed by atoms with Gasteiger partial charge in [0.25, 0.3) is 0 Å². The molecule has 2 unspecified atom stereocenters. The van der Waals surface area contributed by atoms with Gasteiger partial charge in [0.1, 0.15) is 5.82 Å². The molecule has 18 heavy (non-hydrogen) atoms. The number of imidazole rings is 1. The number of rotatable bonds is 2. The molecule has 0 N–H and O–H groups in total. The molecule has 0 bridgehead atoms. The van der Waals surface area contributed by atoms with E-state index < -0.39 is 9.84 Å². The molecule has 1 fully saturated rings. The lowest BCUT2D eigenvalue weighted by atomic mass is 10.0. The lowest BCUT2D eigenvalue weighted by molar-refractivity contribution is 0.463. The molecule has 0 saturated carbocycles. The van der Waals surface area contributed by atoms with Crippen LogP contribution >= 0.6 is 0 Å². The SMILES string of the molecule is CC1CCCn2cc(CC3CCCS3(=O)=O)nc21. The van der Waals surface area contributed by atoms with E-state index in [1.54, 1.807) is 0 Å². The van der Waals surface area contributed by atoms with E-state index in [0.29, 0.717) is 18.1 Å². The molecule has 3 heterocycles. The first-order valence-corrected chi connectivity index (χ1v) is 8.55. The Morgan fingerprint density at radius 3 is 2.89 bits per heavy atom. The van der Waals surface area contributed by atoms with Crippen molar-refractivity contribution in [2.24, 2.45) is 0 Å². The molecule has 100 valence electrons. The number of hydrogen-bond acceptors (Lipinski definition) is 3. The van der Waals surface area contributed by atoms with Crippen LogP contribution in [0.2, 0.25) is 0 Å². The molecule has 3 rings (SSSR count). The summed E-state index contributed by atoms with van der Waals surface area (Å²) in [4.78, 5) is 4.66. The maximum absolute atomic E-state index is 11.8. The van der Waals surface area contributed by atoms with Crippen molar-refractivity contribution in [1.82, 2.24) is 9.55 Å². The van der Waals surface area contributed by atoms with E-state index in [0.717, 1.165) is 30.9 Å². The third-order valence-corrected chi connectivity index (χ3v) is 6.51. The van der Waals surface area contributed by atoms with Gasteiger partial charge in [-0.1, -0.05) is 6.92 Å². The summed E-state index contributed by atoms with van der Waals surface area (Å²) >= 11 is 0. The molecular formula is C13H20N2O2S. The smallest absolute Gasteiger partial charge is 0.153 e. The van der Waals surface area contributed by atoms with Crippen molar-refractivity contribution >= 4 is 9.84 Å². The molecule has 0 aromatic carbocycles. The van der Waals surface area contributed by atoms with Crippen LogP contribution in [0.4, 0.5) is 0 Å². The first kappa shape index (κ1) is 12.2. The monoisotopic (exact) mass is 268 g/mol. The molecule has 2 aliphatic heterocycles. The van der Waals surface area contributed by atoms with E-state index in [9.17, 15) is 8.42 Å². The molecule has 1 aromatic rings. The molecule has 0 radical (unpaired) electrons. The zero-order valence-corrected chi connectivity index (χ0v) is 11.6. The van der Waals surface area contributed by atoms with Crippen LogP contribution < -0.4 is 0 Å². The molecule has 0 spiro atoms. The molecule has 2 aliphatic rings. The minimum Gasteiger partial charge on any atom is -0.334 e. The summed E-state index contributed by atoms with van der Waals surface area (Å²) in [5.41, 5.74) is 0.967. The van der Waals surface area contributed by atoms with Gasteiger partial charge in [0.15, 0.2) is 9.84 Å². The summed E-state index contributed by atoms with van der Waals surface area (Å²) in [6.45, 7) is 3.23. The van der Waals surface area contributed by atoms with E-state index in [1.807, 2.05) is 0 Å². The lowest BCUT2D eigenvalue weighted by Gasteiger charge is -2.19. The quantitative estimate of drug-likeness (QED) is 0.823. The van der Waals surface area contributed by atoms with Crippen molar-refractivity contribution in [3.8, 4) is 0 Å². The highest BCUT2D eigenvalue weighted by molar-refractivity contribution is 7.92. The molecule has 1 aromatic heterocycles. The second-order valence-corrected chi connectivity index (χ2v) is 8.06. The van der Waals surface area contributed by atoms with Crippen molar-refractivity contribution < 1.29 is 8.42 Å². The fourth-order valence-electron chi connectivity index (χ4n) is 3.17. The van der Waals surface area contributed by atoms with Crippen LogP contribution in [-0.4, -0.2) is 29.0 Å². The Balaban J connectivity index is 1.82. The second kappa shape index (κ2) is 4.37. The van der Waals surface area contributed by atoms with Crippen molar-refractivity contribution in [2.45, 2.75) is 56.7 Å². The van der Waals surface area contributed by atoms with E-state index in [2.05, 4.69) is 22.7 Å². The Labute approximate surface area is 108 Å². The van der Waals surface area contributed by atoms with Gasteiger partial charge in [-0.25, -0.2) is 13.4 Å². The molecule has 1 saturated heterocycles. The number of nitrogens with zero attached hydrogens (tertiary/aromatic N) is 2. The van der Waals surface area contributed by atoms with Crippen LogP contribution in [0.15, 0.2) is 6.20 Å². The Bertz CT molecular complexity index is 547. The van der Waals surface area contributed by atoms with Crippen LogP contribution in [0.3, 0.4) is 0 Å². The molecule has 0 aliphatic carbocycles. The first-order valence-electron chi connectivity index (χ1n) is 6.84. The molecular weight excluding hydrogens is 248 g/mol. The fourth-order valence-corrected chi connectivity index (χ4v) is 5.03. The van der Waals surface area contributed by atoms with Gasteiger partial charge < -0.3 is 4.57 Å². The number of hydrogen-bond donors (Lipinski definition) is 0. The van der Waals surface area contributed by atoms with Gasteiger partial charge in [-0.3, -0.25) is 0 Å². The van der Waals surface area contributed by atoms with E-state index in [4.69, 9.17) is 0 Å². The van der Waals surface area contributed by atoms with E-state index in [-0.39, 0.29) is 5.25 Å². The largest absolute Gasteiger partial charge is 0.334 e. The Morgan fingerprint density at radius 2 is 2.22 bits per heavy atom. The maximum atomic E-state index is 11.8. The summed E-state index contributed by atoms with van der Waals surface area (Å²) in [5.74, 6) is 2.01. The summed E-state index contributed by atoms with van der Waals surface area (Å²) in [7, 11) is -2.85. The number of sulfone groups is 1. The van der Waals surface area contributed by atoms with Crippen molar-refractivity contribution in [3.63, 3.8) is 0 Å². The Morgan fingerprint density at radius 1 is 1.39 bits per heavy atom. The third-order valence-electron chi connectivity index (χ3n) is 4.23. The van der Waals surface area contributed by atoms with Crippen LogP contribution in [-0.2, 0) is 22.8 Å². The summed E-state index contributed by atoms with van der Waals surface area (Å²) in [6.07, 6.45) is 6.69. The van der Waals surface area contributed by atoms with E-state index >= 15 is 0 Å². The lowest BCUT2D eigenvalue weighted by Crippen LogP contribution is -2.18. The van der Waals surface area contributed by atoms with Gasteiger partial charge in [0.05, 0.1) is 16.7 Å². The van der Waals surface area contributed by atoms with Crippen molar-refractivity contribution in [1.29, 1.82) is 0 Å². The highest BCUT2D eigenvalue weighted by atomic mass is 32.2. The average molecular weight is 268 g/mol. The van der Waals surface area contributed by atoms with E-state index in [1.165, 1.54) is 12.8 Å². The summed E-state index contributed by atoms with van der Waals surface area (Å²) in [6, 6.07) is 0. The second-order valence-electron chi connectivity index (χ2n) is 5.66. The van der Waals surface area contributed by atoms with Crippen LogP contribution in [0.1, 0.15) is 50.0 Å². The zero-order valence-electron chi connectivity index (χ0n) is 10.8.